The van der Waals surface area contributed by atoms with Crippen LogP contribution in [-0.2, 0) is 6.54 Å². The number of hydrogen-bond donors (Lipinski definition) is 1. The first kappa shape index (κ1) is 15.3. The monoisotopic (exact) mass is 276 g/mol. The highest BCUT2D eigenvalue weighted by molar-refractivity contribution is 5.27. The van der Waals surface area contributed by atoms with Crippen molar-refractivity contribution in [3.63, 3.8) is 0 Å². The molecule has 0 radical (unpaired) electrons. The summed E-state index contributed by atoms with van der Waals surface area (Å²) in [6.45, 7) is 8.19. The zero-order valence-corrected chi connectivity index (χ0v) is 12.8. The predicted octanol–water partition coefficient (Wildman–Crippen LogP) is 3.03. The Balaban J connectivity index is 1.71. The minimum Gasteiger partial charge on any atom is -0.492 e. The summed E-state index contributed by atoms with van der Waals surface area (Å²) in [7, 11) is 0. The van der Waals surface area contributed by atoms with E-state index < -0.39 is 0 Å². The maximum absolute atomic E-state index is 5.84. The lowest BCUT2D eigenvalue weighted by Crippen LogP contribution is -2.32. The molecule has 2 N–H and O–H groups in total. The lowest BCUT2D eigenvalue weighted by atomic mass is 10.1. The van der Waals surface area contributed by atoms with Gasteiger partial charge >= 0.3 is 0 Å². The summed E-state index contributed by atoms with van der Waals surface area (Å²) in [5.74, 6) is 1.72. The fourth-order valence-corrected chi connectivity index (χ4v) is 2.34. The lowest BCUT2D eigenvalue weighted by molar-refractivity contribution is 0.194. The van der Waals surface area contributed by atoms with Gasteiger partial charge in [-0.1, -0.05) is 26.0 Å². The summed E-state index contributed by atoms with van der Waals surface area (Å²) in [6, 6.07) is 8.91. The molecule has 0 heterocycles. The predicted molar refractivity (Wildman–Crippen MR) is 83.9 cm³/mol. The van der Waals surface area contributed by atoms with Crippen LogP contribution in [0.15, 0.2) is 24.3 Å². The third kappa shape index (κ3) is 5.14. The average molecular weight is 276 g/mol. The normalized spacial score (nSPS) is 15.1. The van der Waals surface area contributed by atoms with Crippen LogP contribution in [0.2, 0.25) is 0 Å². The van der Waals surface area contributed by atoms with Gasteiger partial charge in [0.05, 0.1) is 0 Å². The van der Waals surface area contributed by atoms with Crippen LogP contribution >= 0.6 is 0 Å². The second-order valence-electron chi connectivity index (χ2n) is 6.15. The fourth-order valence-electron chi connectivity index (χ4n) is 2.34. The highest BCUT2D eigenvalue weighted by Gasteiger charge is 2.28. The standard InChI is InChI=1S/C17H28N2O/c1-14(2)9-10-19(16-5-6-16)11-12-20-17-7-3-15(13-18)4-8-17/h3-4,7-8,14,16H,5-6,9-13,18H2,1-2H3. The second kappa shape index (κ2) is 7.65. The van der Waals surface area contributed by atoms with Crippen LogP contribution in [0.1, 0.15) is 38.7 Å². The molecule has 0 spiro atoms. The fraction of sp³-hybridized carbons (Fsp3) is 0.647. The number of ether oxygens (including phenoxy) is 1. The van der Waals surface area contributed by atoms with Crippen molar-refractivity contribution in [2.45, 2.75) is 45.7 Å². The molecule has 0 unspecified atom stereocenters. The molecule has 1 aromatic carbocycles. The van der Waals surface area contributed by atoms with E-state index in [1.807, 2.05) is 24.3 Å². The summed E-state index contributed by atoms with van der Waals surface area (Å²) in [5, 5.41) is 0. The van der Waals surface area contributed by atoms with Crippen molar-refractivity contribution in [2.75, 3.05) is 19.7 Å². The first-order chi connectivity index (χ1) is 9.69. The third-order valence-corrected chi connectivity index (χ3v) is 3.86. The van der Waals surface area contributed by atoms with Crippen LogP contribution in [0, 0.1) is 5.92 Å². The van der Waals surface area contributed by atoms with Gasteiger partial charge in [-0.15, -0.1) is 0 Å². The zero-order valence-electron chi connectivity index (χ0n) is 12.8. The summed E-state index contributed by atoms with van der Waals surface area (Å²) < 4.78 is 5.84. The second-order valence-corrected chi connectivity index (χ2v) is 6.15. The van der Waals surface area contributed by atoms with E-state index in [0.717, 1.165) is 36.4 Å². The van der Waals surface area contributed by atoms with E-state index in [9.17, 15) is 0 Å². The molecule has 1 fully saturated rings. The Morgan fingerprint density at radius 2 is 1.90 bits per heavy atom. The van der Waals surface area contributed by atoms with Gasteiger partial charge < -0.3 is 10.5 Å². The van der Waals surface area contributed by atoms with Crippen molar-refractivity contribution in [3.8, 4) is 5.75 Å². The molecule has 0 aliphatic heterocycles. The molecule has 3 nitrogen and oxygen atoms in total. The number of nitrogens with zero attached hydrogens (tertiary/aromatic N) is 1. The smallest absolute Gasteiger partial charge is 0.119 e. The van der Waals surface area contributed by atoms with Gasteiger partial charge in [-0.25, -0.2) is 0 Å². The summed E-state index contributed by atoms with van der Waals surface area (Å²) in [5.41, 5.74) is 6.74. The molecule has 1 aromatic rings. The number of nitrogens with two attached hydrogens (primary N) is 1. The maximum atomic E-state index is 5.84. The number of benzene rings is 1. The Labute approximate surface area is 123 Å². The number of rotatable bonds is 9. The molecule has 0 aromatic heterocycles. The Morgan fingerprint density at radius 1 is 1.20 bits per heavy atom. The minimum atomic E-state index is 0.588. The molecule has 2 rings (SSSR count). The van der Waals surface area contributed by atoms with Gasteiger partial charge in [0.2, 0.25) is 0 Å². The third-order valence-electron chi connectivity index (χ3n) is 3.86. The van der Waals surface area contributed by atoms with E-state index in [1.165, 1.54) is 25.8 Å². The van der Waals surface area contributed by atoms with E-state index >= 15 is 0 Å². The van der Waals surface area contributed by atoms with Gasteiger partial charge in [0.1, 0.15) is 12.4 Å². The van der Waals surface area contributed by atoms with Crippen LogP contribution in [-0.4, -0.2) is 30.6 Å². The Morgan fingerprint density at radius 3 is 2.45 bits per heavy atom. The number of hydrogen-bond acceptors (Lipinski definition) is 3. The largest absolute Gasteiger partial charge is 0.492 e. The Bertz CT molecular complexity index is 384. The maximum Gasteiger partial charge on any atom is 0.119 e. The van der Waals surface area contributed by atoms with Gasteiger partial charge in [-0.3, -0.25) is 4.90 Å². The lowest BCUT2D eigenvalue weighted by Gasteiger charge is -2.23. The van der Waals surface area contributed by atoms with Gasteiger partial charge in [-0.05, 0) is 49.4 Å². The molecule has 0 amide bonds. The molecule has 0 saturated heterocycles. The van der Waals surface area contributed by atoms with Crippen LogP contribution in [0.25, 0.3) is 0 Å². The molecule has 0 bridgehead atoms. The first-order valence-electron chi connectivity index (χ1n) is 7.85. The van der Waals surface area contributed by atoms with Gasteiger partial charge in [0.25, 0.3) is 0 Å². The van der Waals surface area contributed by atoms with E-state index in [4.69, 9.17) is 10.5 Å². The quantitative estimate of drug-likeness (QED) is 0.753. The molecule has 112 valence electrons. The molecule has 1 aliphatic carbocycles. The van der Waals surface area contributed by atoms with Crippen LogP contribution in [0.5, 0.6) is 5.75 Å². The molecule has 3 heteroatoms. The summed E-state index contributed by atoms with van der Waals surface area (Å²) >= 11 is 0. The molecule has 0 atom stereocenters. The summed E-state index contributed by atoms with van der Waals surface area (Å²) in [4.78, 5) is 2.59. The molecule has 20 heavy (non-hydrogen) atoms. The van der Waals surface area contributed by atoms with Crippen molar-refractivity contribution in [1.29, 1.82) is 0 Å². The van der Waals surface area contributed by atoms with Crippen molar-refractivity contribution in [1.82, 2.24) is 4.90 Å². The van der Waals surface area contributed by atoms with Crippen molar-refractivity contribution in [3.05, 3.63) is 29.8 Å². The highest BCUT2D eigenvalue weighted by Crippen LogP contribution is 2.27. The minimum absolute atomic E-state index is 0.588. The van der Waals surface area contributed by atoms with Crippen molar-refractivity contribution in [2.24, 2.45) is 11.7 Å². The topological polar surface area (TPSA) is 38.5 Å². The highest BCUT2D eigenvalue weighted by atomic mass is 16.5. The first-order valence-corrected chi connectivity index (χ1v) is 7.85. The van der Waals surface area contributed by atoms with Crippen LogP contribution in [0.4, 0.5) is 0 Å². The zero-order chi connectivity index (χ0) is 14.4. The van der Waals surface area contributed by atoms with E-state index in [2.05, 4.69) is 18.7 Å². The molecular weight excluding hydrogens is 248 g/mol. The Hall–Kier alpha value is -1.06. The van der Waals surface area contributed by atoms with E-state index in [0.29, 0.717) is 6.54 Å². The molecule has 1 aliphatic rings. The van der Waals surface area contributed by atoms with Crippen molar-refractivity contribution < 1.29 is 4.74 Å². The SMILES string of the molecule is CC(C)CCN(CCOc1ccc(CN)cc1)C1CC1. The van der Waals surface area contributed by atoms with Crippen LogP contribution in [0.3, 0.4) is 0 Å². The van der Waals surface area contributed by atoms with E-state index in [1.54, 1.807) is 0 Å². The summed E-state index contributed by atoms with van der Waals surface area (Å²) in [6.07, 6.45) is 4.01. The van der Waals surface area contributed by atoms with Crippen LogP contribution < -0.4 is 10.5 Å². The van der Waals surface area contributed by atoms with Gasteiger partial charge in [0.15, 0.2) is 0 Å². The van der Waals surface area contributed by atoms with Gasteiger partial charge in [-0.2, -0.15) is 0 Å². The molecular formula is C17H28N2O. The average Bonchev–Trinajstić information content (AvgIpc) is 3.27. The van der Waals surface area contributed by atoms with E-state index in [-0.39, 0.29) is 0 Å². The van der Waals surface area contributed by atoms with Crippen molar-refractivity contribution >= 4 is 0 Å². The van der Waals surface area contributed by atoms with Gasteiger partial charge in [0, 0.05) is 19.1 Å². The Kier molecular flexibility index (Phi) is 5.86. The molecule has 1 saturated carbocycles.